The first-order chi connectivity index (χ1) is 12.6. The molecule has 1 saturated heterocycles. The average Bonchev–Trinajstić information content (AvgIpc) is 2.65. The van der Waals surface area contributed by atoms with Gasteiger partial charge in [-0.1, -0.05) is 0 Å². The van der Waals surface area contributed by atoms with Crippen molar-refractivity contribution in [3.63, 3.8) is 0 Å². The molecule has 1 rings (SSSR count). The maximum absolute atomic E-state index is 11.3. The third-order valence-corrected chi connectivity index (χ3v) is 4.40. The summed E-state index contributed by atoms with van der Waals surface area (Å²) >= 11 is 0. The summed E-state index contributed by atoms with van der Waals surface area (Å²) in [6.07, 6.45) is 0.112. The van der Waals surface area contributed by atoms with E-state index in [4.69, 9.17) is 5.73 Å². The van der Waals surface area contributed by atoms with Crippen LogP contribution in [-0.4, -0.2) is 108 Å². The minimum absolute atomic E-state index is 0. The van der Waals surface area contributed by atoms with Gasteiger partial charge in [-0.3, -0.25) is 19.5 Å². The quantitative estimate of drug-likeness (QED) is 0.245. The maximum Gasteiger partial charge on any atom is 3.00 e. The van der Waals surface area contributed by atoms with E-state index in [1.165, 1.54) is 9.80 Å². The maximum atomic E-state index is 11.3. The van der Waals surface area contributed by atoms with Gasteiger partial charge >= 0.3 is 42.8 Å². The molecule has 0 spiro atoms. The van der Waals surface area contributed by atoms with Crippen LogP contribution in [0.5, 0.6) is 0 Å². The Morgan fingerprint density at radius 1 is 0.929 bits per heavy atom. The molecule has 1 aliphatic rings. The first-order valence-corrected chi connectivity index (χ1v) is 8.29. The van der Waals surface area contributed by atoms with Crippen LogP contribution < -0.4 is 21.1 Å². The van der Waals surface area contributed by atoms with Crippen molar-refractivity contribution in [1.82, 2.24) is 14.7 Å². The molecule has 13 heteroatoms. The minimum atomic E-state index is -1.52. The molecule has 0 amide bonds. The number of aliphatic carboxylic acids is 4. The molecule has 1 fully saturated rings. The molecule has 0 saturated carbocycles. The van der Waals surface area contributed by atoms with Crippen LogP contribution in [0.1, 0.15) is 6.42 Å². The molecule has 3 N–H and O–H groups in total. The van der Waals surface area contributed by atoms with E-state index in [1.54, 1.807) is 0 Å². The Balaban J connectivity index is 0.00000729. The molecule has 0 aromatic carbocycles. The first-order valence-electron chi connectivity index (χ1n) is 8.29. The van der Waals surface area contributed by atoms with Crippen LogP contribution in [-0.2, 0) is 19.2 Å². The van der Waals surface area contributed by atoms with Crippen LogP contribution in [0.2, 0.25) is 0 Å². The second-order valence-electron chi connectivity index (χ2n) is 6.55. The molecule has 12 nitrogen and oxygen atoms in total. The second-order valence-corrected chi connectivity index (χ2v) is 6.55. The minimum Gasteiger partial charge on any atom is -0.549 e. The van der Waals surface area contributed by atoms with Crippen molar-refractivity contribution in [2.24, 2.45) is 5.73 Å². The van der Waals surface area contributed by atoms with Crippen molar-refractivity contribution in [2.75, 3.05) is 58.9 Å². The number of nitrogens with two attached hydrogens (primary N) is 1. The third kappa shape index (κ3) is 8.97. The summed E-state index contributed by atoms with van der Waals surface area (Å²) in [4.78, 5) is 48.5. The van der Waals surface area contributed by atoms with Crippen LogP contribution in [0.15, 0.2) is 0 Å². The number of carbonyl (C=O) groups is 4. The van der Waals surface area contributed by atoms with Gasteiger partial charge in [-0.2, -0.15) is 0 Å². The van der Waals surface area contributed by atoms with Gasteiger partial charge in [0.15, 0.2) is 0 Å². The summed E-state index contributed by atoms with van der Waals surface area (Å²) in [7, 11) is 0. The molecule has 28 heavy (non-hydrogen) atoms. The van der Waals surface area contributed by atoms with E-state index in [-0.39, 0.29) is 76.0 Å². The molecule has 1 aliphatic heterocycles. The van der Waals surface area contributed by atoms with Crippen LogP contribution in [0.3, 0.4) is 0 Å². The summed E-state index contributed by atoms with van der Waals surface area (Å²) in [6.45, 7) is -2.02. The molecule has 0 unspecified atom stereocenters. The summed E-state index contributed by atoms with van der Waals surface area (Å²) < 4.78 is 0. The third-order valence-electron chi connectivity index (χ3n) is 4.40. The Kier molecular flexibility index (Phi) is 12.0. The van der Waals surface area contributed by atoms with E-state index in [0.717, 1.165) is 4.90 Å². The van der Waals surface area contributed by atoms with E-state index in [1.807, 2.05) is 0 Å². The Morgan fingerprint density at radius 2 is 1.39 bits per heavy atom. The number of nitrogens with zero attached hydrogens (tertiary/aromatic N) is 3. The predicted octanol–water partition coefficient (Wildman–Crippen LogP) is -6.67. The normalized spacial score (nSPS) is 17.5. The standard InChI is InChI=1S/C15H26N4O8.Tm/c16-2-1-15(19(7-13(24)25)8-14(26)27)9-17(5-11(20)21)3-4-18(10-15)6-12(22)23;/h1-10,16H2,(H,20,21)(H,22,23)(H,24,25)(H,26,27);/q;+3/p-3. The average molecular weight is 556 g/mol. The van der Waals surface area contributed by atoms with Crippen LogP contribution >= 0.6 is 0 Å². The molecule has 0 atom stereocenters. The SMILES string of the molecule is NCCC1(N(CC(=O)[O-])CC(=O)O)CN(CC(=O)[O-])CCN(CC(=O)[O-])C1.[Tm+3]. The van der Waals surface area contributed by atoms with E-state index in [2.05, 4.69) is 0 Å². The van der Waals surface area contributed by atoms with Crippen LogP contribution in [0, 0.1) is 36.9 Å². The molecular weight excluding hydrogens is 533 g/mol. The Bertz CT molecular complexity index is 534. The molecule has 0 aromatic heterocycles. The molecule has 1 heterocycles. The Labute approximate surface area is 191 Å². The fourth-order valence-electron chi connectivity index (χ4n) is 3.45. The summed E-state index contributed by atoms with van der Waals surface area (Å²) in [5.74, 6) is -5.55. The second kappa shape index (κ2) is 12.5. The number of carboxylic acids is 4. The zero-order chi connectivity index (χ0) is 20.6. The van der Waals surface area contributed by atoms with Gasteiger partial charge in [-0.05, 0) is 13.0 Å². The van der Waals surface area contributed by atoms with Gasteiger partial charge in [0.1, 0.15) is 0 Å². The fourth-order valence-corrected chi connectivity index (χ4v) is 3.45. The molecule has 0 radical (unpaired) electrons. The van der Waals surface area contributed by atoms with Gasteiger partial charge in [0.05, 0.1) is 24.5 Å². The topological polar surface area (TPSA) is 193 Å². The fraction of sp³-hybridized carbons (Fsp3) is 0.733. The van der Waals surface area contributed by atoms with E-state index >= 15 is 0 Å². The molecular formula is C15H23N4O8Tm. The zero-order valence-electron chi connectivity index (χ0n) is 15.1. The van der Waals surface area contributed by atoms with Gasteiger partial charge in [0.25, 0.3) is 0 Å². The first kappa shape index (κ1) is 27.0. The molecule has 0 aromatic rings. The van der Waals surface area contributed by atoms with Gasteiger partial charge in [-0.25, -0.2) is 0 Å². The predicted molar refractivity (Wildman–Crippen MR) is 83.5 cm³/mol. The zero-order valence-corrected chi connectivity index (χ0v) is 16.9. The van der Waals surface area contributed by atoms with E-state index < -0.39 is 55.6 Å². The van der Waals surface area contributed by atoms with Crippen molar-refractivity contribution in [3.8, 4) is 0 Å². The van der Waals surface area contributed by atoms with Gasteiger partial charge < -0.3 is 40.5 Å². The summed E-state index contributed by atoms with van der Waals surface area (Å²) in [5.41, 5.74) is 4.44. The van der Waals surface area contributed by atoms with E-state index in [0.29, 0.717) is 0 Å². The van der Waals surface area contributed by atoms with Gasteiger partial charge in [-0.15, -0.1) is 0 Å². The Morgan fingerprint density at radius 3 is 1.71 bits per heavy atom. The largest absolute Gasteiger partial charge is 3.00 e. The van der Waals surface area contributed by atoms with Gasteiger partial charge in [0, 0.05) is 51.4 Å². The number of hydrogen-bond donors (Lipinski definition) is 2. The summed E-state index contributed by atoms with van der Waals surface area (Å²) in [5, 5.41) is 42.4. The molecule has 0 aliphatic carbocycles. The smallest absolute Gasteiger partial charge is 0.549 e. The Hall–Kier alpha value is -1.05. The van der Waals surface area contributed by atoms with Crippen LogP contribution in [0.25, 0.3) is 0 Å². The van der Waals surface area contributed by atoms with E-state index in [9.17, 15) is 39.6 Å². The monoisotopic (exact) mass is 556 g/mol. The number of carbonyl (C=O) groups excluding carboxylic acids is 3. The van der Waals surface area contributed by atoms with Crippen molar-refractivity contribution in [2.45, 2.75) is 12.0 Å². The number of rotatable bonds is 11. The van der Waals surface area contributed by atoms with Crippen molar-refractivity contribution < 1.29 is 76.5 Å². The van der Waals surface area contributed by atoms with Crippen molar-refractivity contribution >= 4 is 23.9 Å². The molecule has 0 bridgehead atoms. The number of hydrogen-bond acceptors (Lipinski definition) is 11. The van der Waals surface area contributed by atoms with Gasteiger partial charge in [0.2, 0.25) is 0 Å². The van der Waals surface area contributed by atoms with Crippen LogP contribution in [0.4, 0.5) is 0 Å². The summed E-state index contributed by atoms with van der Waals surface area (Å²) in [6, 6.07) is 0. The van der Waals surface area contributed by atoms with Crippen molar-refractivity contribution in [3.05, 3.63) is 0 Å². The molecule has 164 valence electrons. The number of carboxylic acid groups (broad SMARTS) is 4. The van der Waals surface area contributed by atoms with Crippen molar-refractivity contribution in [1.29, 1.82) is 0 Å².